The number of halogens is 3. The molecule has 0 saturated carbocycles. The number of nitrogens with zero attached hydrogens (tertiary/aromatic N) is 6. The molecule has 18 heteroatoms. The quantitative estimate of drug-likeness (QED) is 0.164. The highest BCUT2D eigenvalue weighted by atomic mass is 19.4. The summed E-state index contributed by atoms with van der Waals surface area (Å²) in [5, 5.41) is 24.9. The van der Waals surface area contributed by atoms with Gasteiger partial charge in [0.2, 0.25) is 17.7 Å². The topological polar surface area (TPSA) is 208 Å². The second-order valence-corrected chi connectivity index (χ2v) is 8.87. The van der Waals surface area contributed by atoms with Crippen LogP contribution in [0.1, 0.15) is 12.0 Å². The van der Waals surface area contributed by atoms with Gasteiger partial charge >= 0.3 is 18.2 Å². The van der Waals surface area contributed by atoms with Crippen LogP contribution < -0.4 is 21.7 Å². The van der Waals surface area contributed by atoms with Gasteiger partial charge in [0.1, 0.15) is 0 Å². The number of fused-ring (bicyclic) bond motifs is 3. The van der Waals surface area contributed by atoms with Crippen LogP contribution in [0.3, 0.4) is 0 Å². The number of alkyl halides is 3. The van der Waals surface area contributed by atoms with Crippen LogP contribution in [0.15, 0.2) is 53.3 Å². The van der Waals surface area contributed by atoms with Crippen LogP contribution >= 0.6 is 0 Å². The van der Waals surface area contributed by atoms with Gasteiger partial charge in [0.05, 0.1) is 18.1 Å². The van der Waals surface area contributed by atoms with E-state index in [1.165, 1.54) is 10.8 Å². The Morgan fingerprint density at radius 1 is 1.07 bits per heavy atom. The lowest BCUT2D eigenvalue weighted by Gasteiger charge is -2.09. The molecule has 0 aliphatic rings. The van der Waals surface area contributed by atoms with Crippen molar-refractivity contribution in [2.45, 2.75) is 19.0 Å². The maximum atomic E-state index is 12.8. The number of nitrogens with one attached hydrogen (secondary N) is 3. The summed E-state index contributed by atoms with van der Waals surface area (Å²) >= 11 is 0. The summed E-state index contributed by atoms with van der Waals surface area (Å²) in [7, 11) is 1.77. The van der Waals surface area contributed by atoms with E-state index >= 15 is 0 Å². The highest BCUT2D eigenvalue weighted by molar-refractivity contribution is 6.00. The summed E-state index contributed by atoms with van der Waals surface area (Å²) in [6.07, 6.45) is -0.794. The minimum atomic E-state index is -5.08. The molecule has 1 aromatic carbocycles. The number of carbonyl (C=O) groups is 3. The maximum Gasteiger partial charge on any atom is 0.490 e. The van der Waals surface area contributed by atoms with Gasteiger partial charge in [0, 0.05) is 25.5 Å². The molecule has 43 heavy (non-hydrogen) atoms. The Labute approximate surface area is 239 Å². The van der Waals surface area contributed by atoms with E-state index in [0.29, 0.717) is 47.0 Å². The fourth-order valence-corrected chi connectivity index (χ4v) is 3.64. The van der Waals surface area contributed by atoms with Crippen molar-refractivity contribution in [2.75, 3.05) is 23.7 Å². The molecule has 4 aromatic heterocycles. The van der Waals surface area contributed by atoms with Crippen LogP contribution in [0.5, 0.6) is 0 Å². The van der Waals surface area contributed by atoms with Crippen LogP contribution in [0.2, 0.25) is 0 Å². The van der Waals surface area contributed by atoms with Crippen molar-refractivity contribution in [2.24, 2.45) is 12.8 Å². The Morgan fingerprint density at radius 3 is 2.42 bits per heavy atom. The second-order valence-electron chi connectivity index (χ2n) is 8.87. The number of furan rings is 1. The Bertz CT molecular complexity index is 1730. The first kappa shape index (κ1) is 30.4. The van der Waals surface area contributed by atoms with E-state index in [2.05, 4.69) is 36.1 Å². The Hall–Kier alpha value is -5.52. The monoisotopic (exact) mass is 602 g/mol. The molecule has 0 aliphatic carbocycles. The van der Waals surface area contributed by atoms with Gasteiger partial charge in [-0.15, -0.1) is 5.10 Å². The van der Waals surface area contributed by atoms with E-state index in [9.17, 15) is 22.8 Å². The number of urea groups is 1. The number of hydrogen-bond acceptors (Lipinski definition) is 9. The highest BCUT2D eigenvalue weighted by Crippen LogP contribution is 2.24. The summed E-state index contributed by atoms with van der Waals surface area (Å²) in [5.41, 5.74) is 7.69. The predicted molar refractivity (Wildman–Crippen MR) is 146 cm³/mol. The number of carboxylic acid groups (broad SMARTS) is 1. The number of carboxylic acids is 1. The van der Waals surface area contributed by atoms with Crippen molar-refractivity contribution >= 4 is 46.2 Å². The third-order valence-electron chi connectivity index (χ3n) is 5.56. The van der Waals surface area contributed by atoms with Gasteiger partial charge < -0.3 is 25.9 Å². The van der Waals surface area contributed by atoms with Crippen LogP contribution in [0, 0.1) is 0 Å². The summed E-state index contributed by atoms with van der Waals surface area (Å²) in [6, 6.07) is 9.96. The van der Waals surface area contributed by atoms with E-state index in [0.717, 1.165) is 12.0 Å². The molecule has 5 rings (SSSR count). The second kappa shape index (κ2) is 13.0. The minimum Gasteiger partial charge on any atom is -0.475 e. The fourth-order valence-electron chi connectivity index (χ4n) is 3.64. The van der Waals surface area contributed by atoms with Gasteiger partial charge in [0.25, 0.3) is 0 Å². The van der Waals surface area contributed by atoms with Gasteiger partial charge in [-0.05, 0) is 42.8 Å². The molecular formula is C25H25F3N10O5. The van der Waals surface area contributed by atoms with Crippen molar-refractivity contribution in [3.8, 4) is 11.6 Å². The van der Waals surface area contributed by atoms with Gasteiger partial charge in [-0.25, -0.2) is 14.6 Å². The number of amides is 3. The molecule has 0 saturated heterocycles. The molecule has 15 nitrogen and oxygen atoms in total. The third-order valence-corrected chi connectivity index (χ3v) is 5.56. The lowest BCUT2D eigenvalue weighted by molar-refractivity contribution is -0.192. The number of rotatable bonds is 8. The summed E-state index contributed by atoms with van der Waals surface area (Å²) in [5.74, 6) is -1.86. The van der Waals surface area contributed by atoms with Crippen molar-refractivity contribution in [3.63, 3.8) is 0 Å². The largest absolute Gasteiger partial charge is 0.490 e. The zero-order valence-corrected chi connectivity index (χ0v) is 22.4. The highest BCUT2D eigenvalue weighted by Gasteiger charge is 2.38. The van der Waals surface area contributed by atoms with E-state index < -0.39 is 18.2 Å². The van der Waals surface area contributed by atoms with E-state index in [1.54, 1.807) is 54.3 Å². The number of aliphatic carboxylic acids is 1. The molecular weight excluding hydrogens is 577 g/mol. The SMILES string of the molecule is Cn1cc2c(nc(NC(=O)Nc3ccc(CC(=O)NCCCN)cc3)n3nc(-c4ccco4)nc23)n1.O=C(O)C(F)(F)F. The number of anilines is 2. The molecule has 0 atom stereocenters. The standard InChI is InChI=1S/C23H24N10O3.C2HF3O2/c1-32-13-16-19(30-32)28-22(33-21(16)27-20(31-33)17-4-2-11-36-17)29-23(35)26-15-7-5-14(6-8-15)12-18(34)25-10-3-9-24;3-2(4,5)1(6)7/h2,4-8,11,13H,3,9-10,12,24H2,1H3,(H,25,34)(H2,26,28,29,30,35);(H,6,7). The molecule has 3 amide bonds. The first-order valence-corrected chi connectivity index (χ1v) is 12.5. The van der Waals surface area contributed by atoms with Crippen molar-refractivity contribution < 1.29 is 37.1 Å². The molecule has 4 heterocycles. The first-order valence-electron chi connectivity index (χ1n) is 12.5. The molecule has 0 bridgehead atoms. The van der Waals surface area contributed by atoms with Crippen molar-refractivity contribution in [1.29, 1.82) is 0 Å². The van der Waals surface area contributed by atoms with Crippen LogP contribution in [-0.4, -0.2) is 71.6 Å². The Kier molecular flexibility index (Phi) is 9.19. The lowest BCUT2D eigenvalue weighted by atomic mass is 10.1. The van der Waals surface area contributed by atoms with Crippen LogP contribution in [0.4, 0.5) is 29.6 Å². The zero-order valence-electron chi connectivity index (χ0n) is 22.4. The molecule has 0 aliphatic heterocycles. The molecule has 5 aromatic rings. The molecule has 226 valence electrons. The number of aryl methyl sites for hydroxylation is 1. The smallest absolute Gasteiger partial charge is 0.475 e. The number of hydrogen-bond donors (Lipinski definition) is 5. The van der Waals surface area contributed by atoms with Crippen LogP contribution in [0.25, 0.3) is 28.3 Å². The Morgan fingerprint density at radius 2 is 1.79 bits per heavy atom. The van der Waals surface area contributed by atoms with Gasteiger partial charge in [-0.2, -0.15) is 27.8 Å². The lowest BCUT2D eigenvalue weighted by Crippen LogP contribution is -2.27. The number of benzene rings is 1. The van der Waals surface area contributed by atoms with Crippen molar-refractivity contribution in [3.05, 3.63) is 54.4 Å². The Balaban J connectivity index is 0.000000541. The molecule has 0 fully saturated rings. The van der Waals surface area contributed by atoms with Gasteiger partial charge in [-0.1, -0.05) is 12.1 Å². The predicted octanol–water partition coefficient (Wildman–Crippen LogP) is 2.56. The third kappa shape index (κ3) is 7.82. The summed E-state index contributed by atoms with van der Waals surface area (Å²) < 4.78 is 40.2. The van der Waals surface area contributed by atoms with E-state index in [1.807, 2.05) is 0 Å². The van der Waals surface area contributed by atoms with E-state index in [-0.39, 0.29) is 18.3 Å². The van der Waals surface area contributed by atoms with Crippen LogP contribution in [-0.2, 0) is 23.1 Å². The number of nitrogens with two attached hydrogens (primary N) is 1. The number of carbonyl (C=O) groups excluding carboxylic acids is 2. The van der Waals surface area contributed by atoms with E-state index in [4.69, 9.17) is 20.1 Å². The normalized spacial score (nSPS) is 11.2. The molecule has 6 N–H and O–H groups in total. The molecule has 0 spiro atoms. The molecule has 0 radical (unpaired) electrons. The average Bonchev–Trinajstić information content (AvgIpc) is 3.69. The van der Waals surface area contributed by atoms with Gasteiger partial charge in [0.15, 0.2) is 17.1 Å². The molecule has 0 unspecified atom stereocenters. The van der Waals surface area contributed by atoms with Gasteiger partial charge in [-0.3, -0.25) is 14.8 Å². The first-order chi connectivity index (χ1) is 20.4. The van der Waals surface area contributed by atoms with Crippen molar-refractivity contribution in [1.82, 2.24) is 34.7 Å². The fraction of sp³-hybridized carbons (Fsp3) is 0.240. The maximum absolute atomic E-state index is 12.8. The summed E-state index contributed by atoms with van der Waals surface area (Å²) in [6.45, 7) is 1.08. The summed E-state index contributed by atoms with van der Waals surface area (Å²) in [4.78, 5) is 42.6. The average molecular weight is 603 g/mol. The minimum absolute atomic E-state index is 0.0799. The number of aromatic nitrogens is 6. The zero-order chi connectivity index (χ0) is 31.1.